The highest BCUT2D eigenvalue weighted by Gasteiger charge is 2.12. The lowest BCUT2D eigenvalue weighted by Gasteiger charge is -2.09. The fourth-order valence-corrected chi connectivity index (χ4v) is 2.88. The summed E-state index contributed by atoms with van der Waals surface area (Å²) in [5.74, 6) is -0.496. The molecule has 2 aromatic carbocycles. The summed E-state index contributed by atoms with van der Waals surface area (Å²) < 4.78 is 0.886. The van der Waals surface area contributed by atoms with Crippen LogP contribution in [0.25, 0.3) is 0 Å². The SMILES string of the molecule is NC(=O)CSc1ccccc1C(=O)Nc1cccc(Br)c1. The lowest BCUT2D eigenvalue weighted by atomic mass is 10.2. The number of benzene rings is 2. The standard InChI is InChI=1S/C15H13BrN2O2S/c16-10-4-3-5-11(8-10)18-15(20)12-6-1-2-7-13(12)21-9-14(17)19/h1-8H,9H2,(H2,17,19)(H,18,20). The molecule has 6 heteroatoms. The average molecular weight is 365 g/mol. The van der Waals surface area contributed by atoms with E-state index in [0.29, 0.717) is 11.3 Å². The zero-order valence-corrected chi connectivity index (χ0v) is 13.4. The summed E-state index contributed by atoms with van der Waals surface area (Å²) in [6.07, 6.45) is 0. The van der Waals surface area contributed by atoms with Gasteiger partial charge >= 0.3 is 0 Å². The van der Waals surface area contributed by atoms with Gasteiger partial charge in [0, 0.05) is 15.1 Å². The molecule has 0 fully saturated rings. The van der Waals surface area contributed by atoms with Gasteiger partial charge in [0.2, 0.25) is 5.91 Å². The van der Waals surface area contributed by atoms with Crippen molar-refractivity contribution in [2.24, 2.45) is 5.73 Å². The number of thioether (sulfide) groups is 1. The zero-order valence-electron chi connectivity index (χ0n) is 11.0. The van der Waals surface area contributed by atoms with Crippen molar-refractivity contribution in [3.8, 4) is 0 Å². The normalized spacial score (nSPS) is 10.1. The van der Waals surface area contributed by atoms with E-state index in [4.69, 9.17) is 5.73 Å². The Hall–Kier alpha value is -1.79. The van der Waals surface area contributed by atoms with E-state index in [1.165, 1.54) is 11.8 Å². The summed E-state index contributed by atoms with van der Waals surface area (Å²) >= 11 is 4.61. The molecular formula is C15H13BrN2O2S. The van der Waals surface area contributed by atoms with Crippen molar-refractivity contribution >= 4 is 45.2 Å². The highest BCUT2D eigenvalue weighted by atomic mass is 79.9. The molecule has 0 saturated carbocycles. The number of nitrogens with two attached hydrogens (primary N) is 1. The smallest absolute Gasteiger partial charge is 0.256 e. The Labute approximate surface area is 135 Å². The summed E-state index contributed by atoms with van der Waals surface area (Å²) in [6.45, 7) is 0. The molecule has 0 saturated heterocycles. The molecule has 0 aliphatic carbocycles. The molecule has 0 aromatic heterocycles. The summed E-state index contributed by atoms with van der Waals surface area (Å²) in [5.41, 5.74) is 6.36. The number of halogens is 1. The van der Waals surface area contributed by atoms with Crippen LogP contribution in [-0.2, 0) is 4.79 Å². The van der Waals surface area contributed by atoms with Crippen molar-refractivity contribution in [2.45, 2.75) is 4.90 Å². The molecule has 4 nitrogen and oxygen atoms in total. The van der Waals surface area contributed by atoms with Gasteiger partial charge in [0.25, 0.3) is 5.91 Å². The van der Waals surface area contributed by atoms with Crippen molar-refractivity contribution in [3.63, 3.8) is 0 Å². The fraction of sp³-hybridized carbons (Fsp3) is 0.0667. The summed E-state index contributed by atoms with van der Waals surface area (Å²) in [6, 6.07) is 14.5. The van der Waals surface area contributed by atoms with E-state index in [1.54, 1.807) is 18.2 Å². The molecule has 0 radical (unpaired) electrons. The molecule has 2 rings (SSSR count). The molecule has 0 spiro atoms. The Morgan fingerprint density at radius 3 is 2.62 bits per heavy atom. The van der Waals surface area contributed by atoms with Gasteiger partial charge < -0.3 is 11.1 Å². The highest BCUT2D eigenvalue weighted by Crippen LogP contribution is 2.24. The van der Waals surface area contributed by atoms with Gasteiger partial charge in [0.05, 0.1) is 11.3 Å². The van der Waals surface area contributed by atoms with Crippen LogP contribution in [0.15, 0.2) is 57.9 Å². The van der Waals surface area contributed by atoms with Gasteiger partial charge in [0.15, 0.2) is 0 Å². The lowest BCUT2D eigenvalue weighted by molar-refractivity contribution is -0.115. The largest absolute Gasteiger partial charge is 0.369 e. The topological polar surface area (TPSA) is 72.2 Å². The molecule has 2 amide bonds. The van der Waals surface area contributed by atoms with Gasteiger partial charge in [-0.05, 0) is 30.3 Å². The second kappa shape index (κ2) is 7.28. The van der Waals surface area contributed by atoms with E-state index in [1.807, 2.05) is 30.3 Å². The third-order valence-corrected chi connectivity index (χ3v) is 4.17. The number of hydrogen-bond acceptors (Lipinski definition) is 3. The molecule has 108 valence electrons. The van der Waals surface area contributed by atoms with Gasteiger partial charge in [-0.15, -0.1) is 11.8 Å². The predicted molar refractivity (Wildman–Crippen MR) is 88.5 cm³/mol. The van der Waals surface area contributed by atoms with Crippen molar-refractivity contribution in [2.75, 3.05) is 11.1 Å². The van der Waals surface area contributed by atoms with Gasteiger partial charge in [0.1, 0.15) is 0 Å². The number of rotatable bonds is 5. The molecular weight excluding hydrogens is 352 g/mol. The molecule has 2 aromatic rings. The van der Waals surface area contributed by atoms with Crippen LogP contribution in [0.4, 0.5) is 5.69 Å². The highest BCUT2D eigenvalue weighted by molar-refractivity contribution is 9.10. The summed E-state index contributed by atoms with van der Waals surface area (Å²) in [5, 5.41) is 2.83. The number of nitrogens with one attached hydrogen (secondary N) is 1. The Morgan fingerprint density at radius 2 is 1.90 bits per heavy atom. The zero-order chi connectivity index (χ0) is 15.2. The fourth-order valence-electron chi connectivity index (χ4n) is 1.69. The van der Waals surface area contributed by atoms with Crippen molar-refractivity contribution < 1.29 is 9.59 Å². The van der Waals surface area contributed by atoms with Crippen molar-refractivity contribution in [3.05, 3.63) is 58.6 Å². The minimum Gasteiger partial charge on any atom is -0.369 e. The number of carbonyl (C=O) groups is 2. The molecule has 0 aliphatic rings. The third-order valence-electron chi connectivity index (χ3n) is 2.58. The Bertz CT molecular complexity index is 676. The van der Waals surface area contributed by atoms with E-state index in [-0.39, 0.29) is 11.7 Å². The molecule has 0 atom stereocenters. The molecule has 0 bridgehead atoms. The maximum absolute atomic E-state index is 12.3. The van der Waals surface area contributed by atoms with Gasteiger partial charge in [-0.25, -0.2) is 0 Å². The predicted octanol–water partition coefficient (Wildman–Crippen LogP) is 3.28. The van der Waals surface area contributed by atoms with Crippen LogP contribution >= 0.6 is 27.7 Å². The second-order valence-corrected chi connectivity index (χ2v) is 6.15. The van der Waals surface area contributed by atoms with Crippen LogP contribution in [0.3, 0.4) is 0 Å². The van der Waals surface area contributed by atoms with Gasteiger partial charge in [-0.2, -0.15) is 0 Å². The first-order valence-electron chi connectivity index (χ1n) is 6.13. The van der Waals surface area contributed by atoms with Gasteiger partial charge in [-0.3, -0.25) is 9.59 Å². The van der Waals surface area contributed by atoms with E-state index in [2.05, 4.69) is 21.2 Å². The number of amides is 2. The minimum absolute atomic E-state index is 0.140. The summed E-state index contributed by atoms with van der Waals surface area (Å²) in [4.78, 5) is 23.9. The first-order chi connectivity index (χ1) is 10.1. The number of hydrogen-bond donors (Lipinski definition) is 2. The molecule has 0 unspecified atom stereocenters. The third kappa shape index (κ3) is 4.61. The van der Waals surface area contributed by atoms with E-state index < -0.39 is 5.91 Å². The quantitative estimate of drug-likeness (QED) is 0.799. The maximum Gasteiger partial charge on any atom is 0.256 e. The Kier molecular flexibility index (Phi) is 5.41. The van der Waals surface area contributed by atoms with Crippen molar-refractivity contribution in [1.29, 1.82) is 0 Å². The number of anilines is 1. The second-order valence-electron chi connectivity index (χ2n) is 4.22. The van der Waals surface area contributed by atoms with E-state index >= 15 is 0 Å². The van der Waals surface area contributed by atoms with Gasteiger partial charge in [-0.1, -0.05) is 34.1 Å². The first-order valence-corrected chi connectivity index (χ1v) is 7.91. The van der Waals surface area contributed by atoms with E-state index in [9.17, 15) is 9.59 Å². The molecule has 0 heterocycles. The summed E-state index contributed by atoms with van der Waals surface area (Å²) in [7, 11) is 0. The number of primary amides is 1. The van der Waals surface area contributed by atoms with Crippen LogP contribution in [0, 0.1) is 0 Å². The van der Waals surface area contributed by atoms with Crippen LogP contribution in [-0.4, -0.2) is 17.6 Å². The lowest BCUT2D eigenvalue weighted by Crippen LogP contribution is -2.15. The van der Waals surface area contributed by atoms with Crippen LogP contribution in [0.5, 0.6) is 0 Å². The average Bonchev–Trinajstić information content (AvgIpc) is 2.45. The van der Waals surface area contributed by atoms with Crippen LogP contribution < -0.4 is 11.1 Å². The minimum atomic E-state index is -0.415. The van der Waals surface area contributed by atoms with Crippen molar-refractivity contribution in [1.82, 2.24) is 0 Å². The Morgan fingerprint density at radius 1 is 1.14 bits per heavy atom. The molecule has 3 N–H and O–H groups in total. The van der Waals surface area contributed by atoms with E-state index in [0.717, 1.165) is 9.37 Å². The maximum atomic E-state index is 12.3. The number of carbonyl (C=O) groups excluding carboxylic acids is 2. The van der Waals surface area contributed by atoms with Crippen LogP contribution in [0.2, 0.25) is 0 Å². The first kappa shape index (κ1) is 15.6. The monoisotopic (exact) mass is 364 g/mol. The van der Waals surface area contributed by atoms with Crippen LogP contribution in [0.1, 0.15) is 10.4 Å². The Balaban J connectivity index is 2.17. The molecule has 0 aliphatic heterocycles. The molecule has 21 heavy (non-hydrogen) atoms.